The standard InChI is InChI=1S/C26H31N3O6S/c1-17(2)35-24-10-5-19(13-18(24)3)23-14-25(29(28-23)20-11-12-36(31,32)16-20)27-26(30)15-34-22-8-6-21(33-4)7-9-22/h5-10,13-14,17,20H,11-12,15-16H2,1-4H3,(H,27,30). The maximum atomic E-state index is 12.7. The zero-order valence-corrected chi connectivity index (χ0v) is 21.7. The van der Waals surface area contributed by atoms with Crippen molar-refractivity contribution < 1.29 is 27.4 Å². The molecule has 1 amide bonds. The van der Waals surface area contributed by atoms with Crippen LogP contribution in [0.2, 0.25) is 0 Å². The van der Waals surface area contributed by atoms with Crippen LogP contribution in [0.4, 0.5) is 5.82 Å². The van der Waals surface area contributed by atoms with Gasteiger partial charge in [0.1, 0.15) is 23.1 Å². The van der Waals surface area contributed by atoms with Gasteiger partial charge in [0.2, 0.25) is 0 Å². The van der Waals surface area contributed by atoms with Crippen LogP contribution in [0, 0.1) is 6.92 Å². The number of hydrogen-bond acceptors (Lipinski definition) is 7. The van der Waals surface area contributed by atoms with Crippen LogP contribution in [0.1, 0.15) is 31.9 Å². The zero-order chi connectivity index (χ0) is 25.9. The molecule has 2 aromatic carbocycles. The van der Waals surface area contributed by atoms with Gasteiger partial charge in [-0.1, -0.05) is 0 Å². The number of nitrogens with one attached hydrogen (secondary N) is 1. The van der Waals surface area contributed by atoms with Crippen LogP contribution in [0.15, 0.2) is 48.5 Å². The Labute approximate surface area is 211 Å². The molecule has 0 spiro atoms. The molecule has 1 unspecified atom stereocenters. The summed E-state index contributed by atoms with van der Waals surface area (Å²) in [6.07, 6.45) is 0.495. The third kappa shape index (κ3) is 6.17. The van der Waals surface area contributed by atoms with E-state index in [2.05, 4.69) is 5.32 Å². The molecule has 3 aromatic rings. The summed E-state index contributed by atoms with van der Waals surface area (Å²) >= 11 is 0. The minimum Gasteiger partial charge on any atom is -0.497 e. The zero-order valence-electron chi connectivity index (χ0n) is 20.9. The van der Waals surface area contributed by atoms with E-state index in [4.69, 9.17) is 19.3 Å². The van der Waals surface area contributed by atoms with Crippen molar-refractivity contribution >= 4 is 21.6 Å². The highest BCUT2D eigenvalue weighted by Gasteiger charge is 2.32. The van der Waals surface area contributed by atoms with Gasteiger partial charge in [0.25, 0.3) is 5.91 Å². The van der Waals surface area contributed by atoms with E-state index >= 15 is 0 Å². The summed E-state index contributed by atoms with van der Waals surface area (Å²) < 4.78 is 42.4. The molecule has 9 nitrogen and oxygen atoms in total. The van der Waals surface area contributed by atoms with Crippen molar-refractivity contribution in [3.63, 3.8) is 0 Å². The molecule has 1 saturated heterocycles. The summed E-state index contributed by atoms with van der Waals surface area (Å²) in [6, 6.07) is 14.1. The van der Waals surface area contributed by atoms with Gasteiger partial charge < -0.3 is 19.5 Å². The predicted molar refractivity (Wildman–Crippen MR) is 138 cm³/mol. The van der Waals surface area contributed by atoms with Crippen LogP contribution in [-0.2, 0) is 14.6 Å². The number of sulfone groups is 1. The normalized spacial score (nSPS) is 16.6. The SMILES string of the molecule is COc1ccc(OCC(=O)Nc2cc(-c3ccc(OC(C)C)c(C)c3)nn2C2CCS(=O)(=O)C2)cc1. The molecule has 10 heteroatoms. The van der Waals surface area contributed by atoms with Crippen molar-refractivity contribution in [2.24, 2.45) is 0 Å². The third-order valence-corrected chi connectivity index (χ3v) is 7.57. The van der Waals surface area contributed by atoms with E-state index in [-0.39, 0.29) is 36.2 Å². The first-order valence-electron chi connectivity index (χ1n) is 11.8. The van der Waals surface area contributed by atoms with Crippen molar-refractivity contribution in [3.05, 3.63) is 54.1 Å². The van der Waals surface area contributed by atoms with E-state index in [1.54, 1.807) is 42.1 Å². The topological polar surface area (TPSA) is 109 Å². The number of methoxy groups -OCH3 is 1. The second-order valence-electron chi connectivity index (χ2n) is 9.08. The summed E-state index contributed by atoms with van der Waals surface area (Å²) in [5.41, 5.74) is 2.43. The Hall–Kier alpha value is -3.53. The Morgan fingerprint density at radius 2 is 1.86 bits per heavy atom. The van der Waals surface area contributed by atoms with Crippen LogP contribution in [0.25, 0.3) is 11.3 Å². The number of carbonyl (C=O) groups excluding carboxylic acids is 1. The van der Waals surface area contributed by atoms with Crippen molar-refractivity contribution in [2.45, 2.75) is 39.3 Å². The third-order valence-electron chi connectivity index (χ3n) is 5.82. The molecule has 1 fully saturated rings. The van der Waals surface area contributed by atoms with Crippen LogP contribution >= 0.6 is 0 Å². The molecule has 1 aliphatic heterocycles. The summed E-state index contributed by atoms with van der Waals surface area (Å²) in [6.45, 7) is 5.69. The quantitative estimate of drug-likeness (QED) is 0.460. The van der Waals surface area contributed by atoms with E-state index < -0.39 is 9.84 Å². The number of carbonyl (C=O) groups is 1. The number of amides is 1. The van der Waals surface area contributed by atoms with Crippen molar-refractivity contribution in [3.8, 4) is 28.5 Å². The second kappa shape index (κ2) is 10.6. The highest BCUT2D eigenvalue weighted by atomic mass is 32.2. The highest BCUT2D eigenvalue weighted by Crippen LogP contribution is 2.32. The predicted octanol–water partition coefficient (Wildman–Crippen LogP) is 4.03. The summed E-state index contributed by atoms with van der Waals surface area (Å²) in [4.78, 5) is 12.7. The Kier molecular flexibility index (Phi) is 7.53. The highest BCUT2D eigenvalue weighted by molar-refractivity contribution is 7.91. The van der Waals surface area contributed by atoms with Crippen LogP contribution in [0.3, 0.4) is 0 Å². The maximum Gasteiger partial charge on any atom is 0.263 e. The lowest BCUT2D eigenvalue weighted by Crippen LogP contribution is -2.23. The van der Waals surface area contributed by atoms with Crippen LogP contribution < -0.4 is 19.5 Å². The molecule has 1 aromatic heterocycles. The smallest absolute Gasteiger partial charge is 0.263 e. The lowest BCUT2D eigenvalue weighted by Gasteiger charge is -2.14. The Bertz CT molecular complexity index is 1330. The van der Waals surface area contributed by atoms with Gasteiger partial charge in [0.15, 0.2) is 16.4 Å². The summed E-state index contributed by atoms with van der Waals surface area (Å²) in [5, 5.41) is 7.53. The van der Waals surface area contributed by atoms with Crippen LogP contribution in [0.5, 0.6) is 17.2 Å². The fraction of sp³-hybridized carbons (Fsp3) is 0.385. The lowest BCUT2D eigenvalue weighted by molar-refractivity contribution is -0.118. The molecular weight excluding hydrogens is 482 g/mol. The minimum absolute atomic E-state index is 0.0144. The molecule has 1 aliphatic rings. The number of rotatable bonds is 9. The van der Waals surface area contributed by atoms with Gasteiger partial charge in [0.05, 0.1) is 36.5 Å². The number of ether oxygens (including phenoxy) is 3. The van der Waals surface area contributed by atoms with E-state index in [0.717, 1.165) is 16.9 Å². The first-order chi connectivity index (χ1) is 17.1. The van der Waals surface area contributed by atoms with Crippen molar-refractivity contribution in [1.29, 1.82) is 0 Å². The first-order valence-corrected chi connectivity index (χ1v) is 13.6. The molecule has 192 valence electrons. The monoisotopic (exact) mass is 513 g/mol. The molecule has 0 bridgehead atoms. The number of benzene rings is 2. The molecule has 0 radical (unpaired) electrons. The summed E-state index contributed by atoms with van der Waals surface area (Å²) in [5.74, 6) is 2.14. The lowest BCUT2D eigenvalue weighted by atomic mass is 10.1. The van der Waals surface area contributed by atoms with Gasteiger partial charge in [-0.05, 0) is 75.2 Å². The maximum absolute atomic E-state index is 12.7. The average Bonchev–Trinajstić information content (AvgIpc) is 3.41. The number of aryl methyl sites for hydroxylation is 1. The van der Waals surface area contributed by atoms with Gasteiger partial charge in [-0.15, -0.1) is 0 Å². The van der Waals surface area contributed by atoms with Crippen LogP contribution in [-0.4, -0.2) is 55.4 Å². The molecule has 2 heterocycles. The Morgan fingerprint density at radius 1 is 1.14 bits per heavy atom. The fourth-order valence-electron chi connectivity index (χ4n) is 4.07. The molecule has 1 N–H and O–H groups in total. The number of anilines is 1. The largest absolute Gasteiger partial charge is 0.497 e. The summed E-state index contributed by atoms with van der Waals surface area (Å²) in [7, 11) is -1.57. The Balaban J connectivity index is 1.55. The van der Waals surface area contributed by atoms with E-state index in [1.165, 1.54) is 0 Å². The molecule has 1 atom stereocenters. The van der Waals surface area contributed by atoms with Gasteiger partial charge in [-0.25, -0.2) is 13.1 Å². The van der Waals surface area contributed by atoms with Gasteiger partial charge in [-0.3, -0.25) is 4.79 Å². The number of hydrogen-bond donors (Lipinski definition) is 1. The first kappa shape index (κ1) is 25.6. The van der Waals surface area contributed by atoms with E-state index in [9.17, 15) is 13.2 Å². The van der Waals surface area contributed by atoms with E-state index in [0.29, 0.717) is 29.4 Å². The van der Waals surface area contributed by atoms with Crippen molar-refractivity contribution in [2.75, 3.05) is 30.5 Å². The van der Waals surface area contributed by atoms with Gasteiger partial charge in [0, 0.05) is 11.6 Å². The molecular formula is C26H31N3O6S. The molecule has 4 rings (SSSR count). The molecule has 36 heavy (non-hydrogen) atoms. The number of aromatic nitrogens is 2. The van der Waals surface area contributed by atoms with Crippen molar-refractivity contribution in [1.82, 2.24) is 9.78 Å². The number of nitrogens with zero attached hydrogens (tertiary/aromatic N) is 2. The molecule has 0 aliphatic carbocycles. The Morgan fingerprint density at radius 3 is 2.47 bits per heavy atom. The average molecular weight is 514 g/mol. The van der Waals surface area contributed by atoms with E-state index in [1.807, 2.05) is 39.0 Å². The minimum atomic E-state index is -3.15. The molecule has 0 saturated carbocycles. The fourth-order valence-corrected chi connectivity index (χ4v) is 5.76. The van der Waals surface area contributed by atoms with Gasteiger partial charge >= 0.3 is 0 Å². The van der Waals surface area contributed by atoms with Gasteiger partial charge in [-0.2, -0.15) is 5.10 Å². The second-order valence-corrected chi connectivity index (χ2v) is 11.3.